The second kappa shape index (κ2) is 7.58. The number of fused-ring (bicyclic) bond motifs is 1. The molecule has 0 spiro atoms. The van der Waals surface area contributed by atoms with Gasteiger partial charge < -0.3 is 19.9 Å². The predicted molar refractivity (Wildman–Crippen MR) is 86.9 cm³/mol. The average Bonchev–Trinajstić information content (AvgIpc) is 2.93. The van der Waals surface area contributed by atoms with Crippen molar-refractivity contribution in [3.05, 3.63) is 11.6 Å². The zero-order valence-electron chi connectivity index (χ0n) is 14.1. The van der Waals surface area contributed by atoms with Gasteiger partial charge in [0.1, 0.15) is 12.4 Å². The van der Waals surface area contributed by atoms with E-state index in [0.717, 1.165) is 37.1 Å². The van der Waals surface area contributed by atoms with Crippen LogP contribution in [0.3, 0.4) is 0 Å². The van der Waals surface area contributed by atoms with Gasteiger partial charge in [0, 0.05) is 33.2 Å². The van der Waals surface area contributed by atoms with Crippen molar-refractivity contribution in [2.75, 3.05) is 20.2 Å². The minimum atomic E-state index is -0.232. The molecule has 0 unspecified atom stereocenters. The highest BCUT2D eigenvalue weighted by Crippen LogP contribution is 2.14. The Bertz CT molecular complexity index is 508. The summed E-state index contributed by atoms with van der Waals surface area (Å²) in [5, 5.41) is 15.1. The Morgan fingerprint density at radius 1 is 1.32 bits per heavy atom. The average molecular weight is 308 g/mol. The fourth-order valence-corrected chi connectivity index (χ4v) is 2.35. The zero-order chi connectivity index (χ0) is 16.0. The number of methoxy groups -OCH3 is 1. The lowest BCUT2D eigenvalue weighted by Gasteiger charge is -2.24. The van der Waals surface area contributed by atoms with Gasteiger partial charge in [-0.2, -0.15) is 0 Å². The molecule has 0 radical (unpaired) electrons. The van der Waals surface area contributed by atoms with Crippen molar-refractivity contribution in [3.63, 3.8) is 0 Å². The van der Waals surface area contributed by atoms with E-state index in [4.69, 9.17) is 4.74 Å². The molecule has 22 heavy (non-hydrogen) atoms. The van der Waals surface area contributed by atoms with Crippen molar-refractivity contribution < 1.29 is 4.74 Å². The van der Waals surface area contributed by atoms with Crippen LogP contribution in [0, 0.1) is 0 Å². The van der Waals surface area contributed by atoms with Gasteiger partial charge in [-0.05, 0) is 33.6 Å². The molecule has 0 saturated carbocycles. The maximum Gasteiger partial charge on any atom is 0.191 e. The van der Waals surface area contributed by atoms with Crippen LogP contribution in [0.5, 0.6) is 0 Å². The third kappa shape index (κ3) is 4.43. The summed E-state index contributed by atoms with van der Waals surface area (Å²) in [6, 6.07) is 0. The Morgan fingerprint density at radius 3 is 2.86 bits per heavy atom. The Balaban J connectivity index is 1.99. The Labute approximate surface area is 132 Å². The van der Waals surface area contributed by atoms with Crippen LogP contribution in [0.2, 0.25) is 0 Å². The topological polar surface area (TPSA) is 76.4 Å². The molecular formula is C15H28N6O. The number of nitrogens with one attached hydrogen (secondary N) is 2. The molecule has 0 aliphatic carbocycles. The summed E-state index contributed by atoms with van der Waals surface area (Å²) >= 11 is 0. The lowest BCUT2D eigenvalue weighted by molar-refractivity contribution is 0.0268. The number of nitrogens with zero attached hydrogens (tertiary/aromatic N) is 4. The highest BCUT2D eigenvalue weighted by Gasteiger charge is 2.17. The number of hydrogen-bond acceptors (Lipinski definition) is 4. The largest absolute Gasteiger partial charge is 0.377 e. The van der Waals surface area contributed by atoms with Gasteiger partial charge in [-0.3, -0.25) is 0 Å². The van der Waals surface area contributed by atoms with Gasteiger partial charge in [0.05, 0.1) is 5.60 Å². The third-order valence-electron chi connectivity index (χ3n) is 3.89. The first-order valence-electron chi connectivity index (χ1n) is 8.04. The second-order valence-corrected chi connectivity index (χ2v) is 6.15. The number of hydrogen-bond donors (Lipinski definition) is 2. The summed E-state index contributed by atoms with van der Waals surface area (Å²) in [6.07, 6.45) is 3.43. The summed E-state index contributed by atoms with van der Waals surface area (Å²) in [7, 11) is 1.72. The molecule has 2 N–H and O–H groups in total. The molecule has 7 heteroatoms. The number of aryl methyl sites for hydroxylation is 1. The van der Waals surface area contributed by atoms with Crippen molar-refractivity contribution >= 4 is 5.96 Å². The summed E-state index contributed by atoms with van der Waals surface area (Å²) in [5.74, 6) is 2.81. The van der Waals surface area contributed by atoms with E-state index in [2.05, 4.69) is 37.3 Å². The highest BCUT2D eigenvalue weighted by molar-refractivity contribution is 5.79. The first-order chi connectivity index (χ1) is 10.6. The van der Waals surface area contributed by atoms with Crippen LogP contribution >= 0.6 is 0 Å². The fraction of sp³-hybridized carbons (Fsp3) is 0.800. The van der Waals surface area contributed by atoms with E-state index in [9.17, 15) is 0 Å². The van der Waals surface area contributed by atoms with Gasteiger partial charge in [0.2, 0.25) is 0 Å². The van der Waals surface area contributed by atoms with Gasteiger partial charge in [-0.1, -0.05) is 0 Å². The van der Waals surface area contributed by atoms with E-state index in [1.807, 2.05) is 13.8 Å². The van der Waals surface area contributed by atoms with E-state index in [1.165, 1.54) is 12.8 Å². The number of guanidine groups is 1. The summed E-state index contributed by atoms with van der Waals surface area (Å²) < 4.78 is 7.62. The molecule has 0 atom stereocenters. The van der Waals surface area contributed by atoms with Crippen LogP contribution < -0.4 is 10.6 Å². The van der Waals surface area contributed by atoms with Gasteiger partial charge in [0.25, 0.3) is 0 Å². The Hall–Kier alpha value is -1.63. The minimum Gasteiger partial charge on any atom is -0.377 e. The van der Waals surface area contributed by atoms with Crippen LogP contribution in [0.15, 0.2) is 4.99 Å². The Morgan fingerprint density at radius 2 is 2.14 bits per heavy atom. The van der Waals surface area contributed by atoms with Crippen molar-refractivity contribution in [1.82, 2.24) is 25.4 Å². The number of aliphatic imine (C=N–C) groups is 1. The molecule has 1 aromatic heterocycles. The molecule has 2 rings (SSSR count). The normalized spacial score (nSPS) is 15.5. The quantitative estimate of drug-likeness (QED) is 0.608. The van der Waals surface area contributed by atoms with E-state index in [-0.39, 0.29) is 5.60 Å². The van der Waals surface area contributed by atoms with E-state index in [1.54, 1.807) is 7.11 Å². The van der Waals surface area contributed by atoms with Crippen LogP contribution in [-0.2, 0) is 24.2 Å². The second-order valence-electron chi connectivity index (χ2n) is 6.15. The van der Waals surface area contributed by atoms with Crippen molar-refractivity contribution in [1.29, 1.82) is 0 Å². The van der Waals surface area contributed by atoms with Gasteiger partial charge >= 0.3 is 0 Å². The lowest BCUT2D eigenvalue weighted by Crippen LogP contribution is -2.45. The number of aromatic nitrogens is 3. The standard InChI is InChI=1S/C15H28N6O/c1-5-16-14(18-11-15(2,3)22-4)17-10-13-20-19-12-8-6-7-9-21(12)13/h5-11H2,1-4H3,(H2,16,17,18). The predicted octanol–water partition coefficient (Wildman–Crippen LogP) is 1.09. The summed E-state index contributed by atoms with van der Waals surface area (Å²) in [6.45, 7) is 9.18. The molecule has 0 bridgehead atoms. The van der Waals surface area contributed by atoms with Crippen molar-refractivity contribution in [2.24, 2.45) is 4.99 Å². The summed E-state index contributed by atoms with van der Waals surface area (Å²) in [5.41, 5.74) is -0.232. The molecule has 0 aromatic carbocycles. The zero-order valence-corrected chi connectivity index (χ0v) is 14.1. The minimum absolute atomic E-state index is 0.232. The van der Waals surface area contributed by atoms with Crippen LogP contribution in [0.1, 0.15) is 45.3 Å². The molecule has 2 heterocycles. The van der Waals surface area contributed by atoms with E-state index >= 15 is 0 Å². The molecule has 1 aromatic rings. The molecule has 0 saturated heterocycles. The number of ether oxygens (including phenoxy) is 1. The monoisotopic (exact) mass is 308 g/mol. The van der Waals surface area contributed by atoms with Crippen molar-refractivity contribution in [3.8, 4) is 0 Å². The van der Waals surface area contributed by atoms with Crippen LogP contribution in [-0.4, -0.2) is 46.5 Å². The molecule has 0 amide bonds. The number of rotatable bonds is 6. The van der Waals surface area contributed by atoms with Crippen molar-refractivity contribution in [2.45, 2.75) is 58.7 Å². The maximum atomic E-state index is 5.42. The van der Waals surface area contributed by atoms with Crippen LogP contribution in [0.4, 0.5) is 0 Å². The molecule has 1 aliphatic rings. The van der Waals surface area contributed by atoms with Crippen LogP contribution in [0.25, 0.3) is 0 Å². The molecule has 124 valence electrons. The Kier molecular flexibility index (Phi) is 5.76. The van der Waals surface area contributed by atoms with E-state index in [0.29, 0.717) is 13.1 Å². The molecule has 1 aliphatic heterocycles. The highest BCUT2D eigenvalue weighted by atomic mass is 16.5. The van der Waals surface area contributed by atoms with Gasteiger partial charge in [-0.15, -0.1) is 10.2 Å². The first kappa shape index (κ1) is 16.7. The summed E-state index contributed by atoms with van der Waals surface area (Å²) in [4.78, 5) is 4.62. The fourth-order valence-electron chi connectivity index (χ4n) is 2.35. The van der Waals surface area contributed by atoms with E-state index < -0.39 is 0 Å². The van der Waals surface area contributed by atoms with Gasteiger partial charge in [0.15, 0.2) is 11.8 Å². The SMILES string of the molecule is CCNC(=NCc1nnc2n1CCCC2)NCC(C)(C)OC. The molecule has 7 nitrogen and oxygen atoms in total. The smallest absolute Gasteiger partial charge is 0.191 e. The first-order valence-corrected chi connectivity index (χ1v) is 8.04. The third-order valence-corrected chi connectivity index (χ3v) is 3.89. The molecular weight excluding hydrogens is 280 g/mol. The lowest BCUT2D eigenvalue weighted by atomic mass is 10.1. The maximum absolute atomic E-state index is 5.42. The molecule has 0 fully saturated rings. The van der Waals surface area contributed by atoms with Gasteiger partial charge in [-0.25, -0.2) is 4.99 Å².